The predicted octanol–water partition coefficient (Wildman–Crippen LogP) is 2.85. The second-order valence-corrected chi connectivity index (χ2v) is 5.68. The van der Waals surface area contributed by atoms with E-state index < -0.39 is 0 Å². The van der Waals surface area contributed by atoms with Crippen molar-refractivity contribution in [3.05, 3.63) is 36.0 Å². The summed E-state index contributed by atoms with van der Waals surface area (Å²) in [5.41, 5.74) is 1.80. The molecular weight excluding hydrogens is 264 g/mol. The van der Waals surface area contributed by atoms with Crippen LogP contribution in [-0.4, -0.2) is 47.5 Å². The van der Waals surface area contributed by atoms with Crippen molar-refractivity contribution in [2.75, 3.05) is 19.7 Å². The van der Waals surface area contributed by atoms with Crippen LogP contribution in [0.2, 0.25) is 0 Å². The molecule has 1 fully saturated rings. The van der Waals surface area contributed by atoms with Crippen molar-refractivity contribution in [2.24, 2.45) is 0 Å². The third kappa shape index (κ3) is 2.74. The lowest BCUT2D eigenvalue weighted by Crippen LogP contribution is -2.49. The minimum atomic E-state index is -0.109. The average molecular weight is 286 g/mol. The number of aromatic amines is 1. The van der Waals surface area contributed by atoms with E-state index in [-0.39, 0.29) is 17.9 Å². The number of benzene rings is 1. The summed E-state index contributed by atoms with van der Waals surface area (Å²) in [6.07, 6.45) is 3.07. The molecule has 1 aliphatic heterocycles. The maximum atomic E-state index is 12.8. The quantitative estimate of drug-likeness (QED) is 0.879. The van der Waals surface area contributed by atoms with Gasteiger partial charge in [-0.05, 0) is 19.4 Å². The standard InChI is InChI=1S/C17H22N2O2/c1-3-13-11-19(8-9-21-13)12(2)17(20)15-10-18-16-7-5-4-6-14(15)16/h4-7,10,12-13,18H,3,8-9,11H2,1-2H3/t12-,13+/m1/s1. The Bertz CT molecular complexity index is 635. The molecule has 4 nitrogen and oxygen atoms in total. The Hall–Kier alpha value is -1.65. The van der Waals surface area contributed by atoms with Gasteiger partial charge in [-0.25, -0.2) is 0 Å². The Morgan fingerprint density at radius 1 is 1.48 bits per heavy atom. The van der Waals surface area contributed by atoms with Crippen molar-refractivity contribution in [2.45, 2.75) is 32.4 Å². The molecule has 1 aromatic heterocycles. The zero-order valence-electron chi connectivity index (χ0n) is 12.6. The third-order valence-electron chi connectivity index (χ3n) is 4.41. The number of Topliss-reactive ketones (excluding diaryl/α,β-unsaturated/α-hetero) is 1. The summed E-state index contributed by atoms with van der Waals surface area (Å²) in [6.45, 7) is 6.50. The highest BCUT2D eigenvalue weighted by atomic mass is 16.5. The maximum absolute atomic E-state index is 12.8. The first-order chi connectivity index (χ1) is 10.2. The first-order valence-corrected chi connectivity index (χ1v) is 7.66. The van der Waals surface area contributed by atoms with E-state index in [0.29, 0.717) is 6.61 Å². The average Bonchev–Trinajstić information content (AvgIpc) is 2.97. The van der Waals surface area contributed by atoms with Crippen LogP contribution in [-0.2, 0) is 4.74 Å². The van der Waals surface area contributed by atoms with E-state index in [1.165, 1.54) is 0 Å². The van der Waals surface area contributed by atoms with Crippen LogP contribution in [0, 0.1) is 0 Å². The summed E-state index contributed by atoms with van der Waals surface area (Å²) in [5, 5.41) is 1.01. The van der Waals surface area contributed by atoms with Gasteiger partial charge in [0.2, 0.25) is 0 Å². The van der Waals surface area contributed by atoms with Crippen LogP contribution in [0.3, 0.4) is 0 Å². The minimum Gasteiger partial charge on any atom is -0.376 e. The molecule has 112 valence electrons. The smallest absolute Gasteiger partial charge is 0.181 e. The highest BCUT2D eigenvalue weighted by Crippen LogP contribution is 2.21. The molecule has 0 amide bonds. The molecule has 3 rings (SSSR count). The van der Waals surface area contributed by atoms with Crippen molar-refractivity contribution in [3.63, 3.8) is 0 Å². The molecule has 2 atom stereocenters. The third-order valence-corrected chi connectivity index (χ3v) is 4.41. The molecular formula is C17H22N2O2. The number of hydrogen-bond acceptors (Lipinski definition) is 3. The number of hydrogen-bond donors (Lipinski definition) is 1. The predicted molar refractivity (Wildman–Crippen MR) is 83.7 cm³/mol. The fourth-order valence-electron chi connectivity index (χ4n) is 3.01. The molecule has 0 radical (unpaired) electrons. The summed E-state index contributed by atoms with van der Waals surface area (Å²) < 4.78 is 5.69. The van der Waals surface area contributed by atoms with Crippen molar-refractivity contribution in [1.29, 1.82) is 0 Å². The van der Waals surface area contributed by atoms with Gasteiger partial charge in [-0.3, -0.25) is 9.69 Å². The molecule has 0 aliphatic carbocycles. The zero-order chi connectivity index (χ0) is 14.8. The van der Waals surface area contributed by atoms with E-state index in [9.17, 15) is 4.79 Å². The number of fused-ring (bicyclic) bond motifs is 1. The number of rotatable bonds is 4. The molecule has 0 spiro atoms. The van der Waals surface area contributed by atoms with E-state index in [4.69, 9.17) is 4.74 Å². The first kappa shape index (κ1) is 14.3. The normalized spacial score (nSPS) is 21.5. The summed E-state index contributed by atoms with van der Waals surface area (Å²) in [6, 6.07) is 7.84. The molecule has 2 heterocycles. The zero-order valence-corrected chi connectivity index (χ0v) is 12.6. The van der Waals surface area contributed by atoms with Crippen LogP contribution in [0.25, 0.3) is 10.9 Å². The number of carbonyl (C=O) groups is 1. The van der Waals surface area contributed by atoms with E-state index in [2.05, 4.69) is 16.8 Å². The Morgan fingerprint density at radius 2 is 2.29 bits per heavy atom. The molecule has 1 aliphatic rings. The largest absolute Gasteiger partial charge is 0.376 e. The van der Waals surface area contributed by atoms with E-state index in [1.54, 1.807) is 0 Å². The molecule has 2 aromatic rings. The van der Waals surface area contributed by atoms with Crippen LogP contribution < -0.4 is 0 Å². The van der Waals surface area contributed by atoms with Crippen molar-refractivity contribution in [3.8, 4) is 0 Å². The molecule has 0 unspecified atom stereocenters. The fourth-order valence-corrected chi connectivity index (χ4v) is 3.01. The molecule has 4 heteroatoms. The van der Waals surface area contributed by atoms with Crippen LogP contribution in [0.5, 0.6) is 0 Å². The minimum absolute atomic E-state index is 0.109. The van der Waals surface area contributed by atoms with Gasteiger partial charge in [0.25, 0.3) is 0 Å². The van der Waals surface area contributed by atoms with E-state index >= 15 is 0 Å². The second-order valence-electron chi connectivity index (χ2n) is 5.68. The summed E-state index contributed by atoms with van der Waals surface area (Å²) in [4.78, 5) is 18.2. The Balaban J connectivity index is 1.81. The maximum Gasteiger partial charge on any atom is 0.181 e. The highest BCUT2D eigenvalue weighted by Gasteiger charge is 2.28. The first-order valence-electron chi connectivity index (χ1n) is 7.66. The summed E-state index contributed by atoms with van der Waals surface area (Å²) in [7, 11) is 0. The molecule has 1 saturated heterocycles. The number of ketones is 1. The molecule has 1 N–H and O–H groups in total. The number of aromatic nitrogens is 1. The van der Waals surface area contributed by atoms with Gasteiger partial charge in [-0.1, -0.05) is 25.1 Å². The number of nitrogens with zero attached hydrogens (tertiary/aromatic N) is 1. The Labute approximate surface area is 125 Å². The van der Waals surface area contributed by atoms with Gasteiger partial charge in [0.05, 0.1) is 18.8 Å². The lowest BCUT2D eigenvalue weighted by Gasteiger charge is -2.35. The Kier molecular flexibility index (Phi) is 4.08. The molecule has 1 aromatic carbocycles. The van der Waals surface area contributed by atoms with Crippen LogP contribution in [0.15, 0.2) is 30.5 Å². The topological polar surface area (TPSA) is 45.3 Å². The Morgan fingerprint density at radius 3 is 3.10 bits per heavy atom. The lowest BCUT2D eigenvalue weighted by atomic mass is 10.0. The van der Waals surface area contributed by atoms with Crippen LogP contribution in [0.1, 0.15) is 30.6 Å². The monoisotopic (exact) mass is 286 g/mol. The number of ether oxygens (including phenoxy) is 1. The molecule has 0 saturated carbocycles. The molecule has 0 bridgehead atoms. The van der Waals surface area contributed by atoms with Crippen molar-refractivity contribution in [1.82, 2.24) is 9.88 Å². The number of morpholine rings is 1. The lowest BCUT2D eigenvalue weighted by molar-refractivity contribution is -0.0381. The SMILES string of the molecule is CC[C@H]1CN([C@H](C)C(=O)c2c[nH]c3ccccc23)CCO1. The van der Waals surface area contributed by atoms with Gasteiger partial charge in [-0.15, -0.1) is 0 Å². The van der Waals surface area contributed by atoms with E-state index in [0.717, 1.165) is 36.0 Å². The van der Waals surface area contributed by atoms with Gasteiger partial charge >= 0.3 is 0 Å². The van der Waals surface area contributed by atoms with E-state index in [1.807, 2.05) is 37.4 Å². The molecule has 21 heavy (non-hydrogen) atoms. The van der Waals surface area contributed by atoms with Gasteiger partial charge in [0, 0.05) is 35.8 Å². The van der Waals surface area contributed by atoms with Crippen molar-refractivity contribution < 1.29 is 9.53 Å². The van der Waals surface area contributed by atoms with Crippen molar-refractivity contribution >= 4 is 16.7 Å². The van der Waals surface area contributed by atoms with Crippen LogP contribution in [0.4, 0.5) is 0 Å². The van der Waals surface area contributed by atoms with Crippen LogP contribution >= 0.6 is 0 Å². The van der Waals surface area contributed by atoms with Gasteiger partial charge in [-0.2, -0.15) is 0 Å². The summed E-state index contributed by atoms with van der Waals surface area (Å²) in [5.74, 6) is 0.184. The number of nitrogens with one attached hydrogen (secondary N) is 1. The number of para-hydroxylation sites is 1. The number of H-pyrrole nitrogens is 1. The fraction of sp³-hybridized carbons (Fsp3) is 0.471. The summed E-state index contributed by atoms with van der Waals surface area (Å²) >= 11 is 0. The van der Waals surface area contributed by atoms with Gasteiger partial charge in [0.1, 0.15) is 0 Å². The number of carbonyl (C=O) groups excluding carboxylic acids is 1. The van der Waals surface area contributed by atoms with Gasteiger partial charge < -0.3 is 9.72 Å². The van der Waals surface area contributed by atoms with Gasteiger partial charge in [0.15, 0.2) is 5.78 Å². The second kappa shape index (κ2) is 6.00. The highest BCUT2D eigenvalue weighted by molar-refractivity contribution is 6.10.